The average molecular weight is 1220 g/mol. The standard InChI is InChI=1S/C33H38N8O3.C27H29N7O2.C6H11NO2.CH4/c1-39(2)13-3-4-30(42)37-27-21-41(22-27)28-10-12-34-26(19-28)20-31(43)36-25-7-5-23(6-8-25)29-18-24-9-11-35-33(32(24)38-29)40-14-16-44-17-15-40;28-20-16-34(17-20)23-6-8-29-22(14-23)15-25(35)31-21-3-1-18(2-4-21)24-13-19-5-7-30-27(26(19)32-24)33-9-11-36-12-10-33;1-7(2)5-3-4-6(8)9;/h3-12,19,27H,13-18,20-22H2,1-2H3,(H,36,43)(H,37,42);1-8,14,20H,9-13,15-17,28H2,(H,31,35);3-4H,5H2,1-2H3,(H,8,9);1H4/b4-3+;;4-3+;. The third-order valence-corrected chi connectivity index (χ3v) is 15.4. The smallest absolute Gasteiger partial charge is 0.328 e. The van der Waals surface area contributed by atoms with E-state index in [1.165, 1.54) is 11.1 Å². The largest absolute Gasteiger partial charge is 0.478 e. The number of fused-ring (bicyclic) bond motifs is 2. The van der Waals surface area contributed by atoms with Crippen LogP contribution in [-0.2, 0) is 54.3 Å². The number of aliphatic carboxylic acids is 1. The summed E-state index contributed by atoms with van der Waals surface area (Å²) in [5.74, 6) is 0.660. The molecule has 4 fully saturated rings. The van der Waals surface area contributed by atoms with E-state index in [2.05, 4.69) is 55.5 Å². The minimum absolute atomic E-state index is 0. The van der Waals surface area contributed by atoms with Crippen molar-refractivity contribution in [3.63, 3.8) is 0 Å². The van der Waals surface area contributed by atoms with Crippen LogP contribution in [0.5, 0.6) is 0 Å². The number of amides is 3. The van der Waals surface area contributed by atoms with Gasteiger partial charge in [0.05, 0.1) is 68.1 Å². The molecule has 0 saturated carbocycles. The number of nitrogens with two attached hydrogens (primary N) is 1. The van der Waals surface area contributed by atoms with Gasteiger partial charge in [-0.25, -0.2) is 24.7 Å². The molecule has 0 aliphatic carbocycles. The number of hydrogen-bond donors (Lipinski definition) is 5. The molecule has 23 nitrogen and oxygen atoms in total. The van der Waals surface area contributed by atoms with Gasteiger partial charge in [-0.15, -0.1) is 0 Å². The number of ether oxygens (including phenoxy) is 2. The molecule has 10 heterocycles. The van der Waals surface area contributed by atoms with Gasteiger partial charge in [0, 0.05) is 144 Å². The minimum Gasteiger partial charge on any atom is -0.478 e. The summed E-state index contributed by atoms with van der Waals surface area (Å²) in [6, 6.07) is 27.9. The third kappa shape index (κ3) is 18.0. The van der Waals surface area contributed by atoms with E-state index >= 15 is 0 Å². The highest BCUT2D eigenvalue weighted by atomic mass is 16.5. The molecule has 0 radical (unpaired) electrons. The summed E-state index contributed by atoms with van der Waals surface area (Å²) in [6.07, 6.45) is 15.3. The van der Waals surface area contributed by atoms with Crippen LogP contribution in [-0.4, -0.2) is 202 Å². The van der Waals surface area contributed by atoms with Crippen LogP contribution in [0.1, 0.15) is 41.1 Å². The van der Waals surface area contributed by atoms with Crippen molar-refractivity contribution in [2.24, 2.45) is 15.7 Å². The Morgan fingerprint density at radius 2 is 1.00 bits per heavy atom. The van der Waals surface area contributed by atoms with Crippen LogP contribution in [0.15, 0.2) is 144 Å². The molecule has 6 aromatic rings. The summed E-state index contributed by atoms with van der Waals surface area (Å²) in [7, 11) is 7.68. The molecule has 90 heavy (non-hydrogen) atoms. The van der Waals surface area contributed by atoms with Crippen LogP contribution in [0.3, 0.4) is 0 Å². The monoisotopic (exact) mass is 1220 g/mol. The van der Waals surface area contributed by atoms with E-state index in [0.717, 1.165) is 152 Å². The fourth-order valence-electron chi connectivity index (χ4n) is 10.8. The normalized spacial score (nSPS) is 16.2. The van der Waals surface area contributed by atoms with Gasteiger partial charge in [0.25, 0.3) is 0 Å². The summed E-state index contributed by atoms with van der Waals surface area (Å²) in [5, 5.41) is 17.1. The summed E-state index contributed by atoms with van der Waals surface area (Å²) < 4.78 is 11.0. The molecule has 0 unspecified atom stereocenters. The number of aromatic nitrogens is 4. The van der Waals surface area contributed by atoms with Gasteiger partial charge >= 0.3 is 5.97 Å². The number of nitrogens with one attached hydrogen (secondary N) is 3. The molecule has 23 heteroatoms. The molecule has 6 aliphatic heterocycles. The predicted octanol–water partition coefficient (Wildman–Crippen LogP) is 5.74. The summed E-state index contributed by atoms with van der Waals surface area (Å²) in [4.78, 5) is 88.1. The number of carboxylic acid groups (broad SMARTS) is 1. The SMILES string of the molecule is C.CN(C)C/C=C/C(=O)NC1CN(c2ccnc(CC(=O)Nc3ccc(C4=Nc5c(ccnc5N5CCOCC5)C4)cc3)c2)C1.CN(C)C/C=C/C(=O)O.NC1CN(c2ccnc(CC(=O)Nc3ccc(C4=Nc5c(ccnc5N5CCOCC5)C4)cc3)c2)C1. The van der Waals surface area contributed by atoms with Gasteiger partial charge in [0.15, 0.2) is 11.6 Å². The van der Waals surface area contributed by atoms with E-state index < -0.39 is 5.97 Å². The van der Waals surface area contributed by atoms with Crippen LogP contribution >= 0.6 is 0 Å². The van der Waals surface area contributed by atoms with Crippen LogP contribution < -0.4 is 41.3 Å². The third-order valence-electron chi connectivity index (χ3n) is 15.4. The van der Waals surface area contributed by atoms with E-state index in [9.17, 15) is 19.2 Å². The number of nitrogens with zero attached hydrogens (tertiary/aromatic N) is 12. The molecule has 0 atom stereocenters. The van der Waals surface area contributed by atoms with Gasteiger partial charge in [0.2, 0.25) is 17.7 Å². The topological polar surface area (TPSA) is 265 Å². The Labute approximate surface area is 526 Å². The zero-order chi connectivity index (χ0) is 62.2. The van der Waals surface area contributed by atoms with Crippen LogP contribution in [0.4, 0.5) is 45.8 Å². The summed E-state index contributed by atoms with van der Waals surface area (Å²) >= 11 is 0. The summed E-state index contributed by atoms with van der Waals surface area (Å²) in [5.41, 5.74) is 19.2. The number of rotatable bonds is 19. The first-order chi connectivity index (χ1) is 43.2. The Morgan fingerprint density at radius 3 is 1.42 bits per heavy atom. The second-order valence-electron chi connectivity index (χ2n) is 23.0. The van der Waals surface area contributed by atoms with Crippen molar-refractivity contribution in [1.29, 1.82) is 0 Å². The fourth-order valence-corrected chi connectivity index (χ4v) is 10.8. The highest BCUT2D eigenvalue weighted by Crippen LogP contribution is 2.38. The van der Waals surface area contributed by atoms with Gasteiger partial charge in [-0.3, -0.25) is 24.4 Å². The molecular weight excluding hydrogens is 1140 g/mol. The van der Waals surface area contributed by atoms with Crippen molar-refractivity contribution >= 4 is 80.9 Å². The average Bonchev–Trinajstić information content (AvgIpc) is 1.74. The maximum Gasteiger partial charge on any atom is 0.328 e. The molecule has 4 saturated heterocycles. The number of carbonyl (C=O) groups excluding carboxylic acids is 3. The lowest BCUT2D eigenvalue weighted by atomic mass is 10.0. The second kappa shape index (κ2) is 31.3. The molecular formula is C67H82N16O7. The van der Waals surface area contributed by atoms with Crippen LogP contribution in [0.2, 0.25) is 0 Å². The number of morpholine rings is 2. The Balaban J connectivity index is 0.000000188. The first-order valence-corrected chi connectivity index (χ1v) is 30.0. The number of aliphatic imine (C=N–C) groups is 2. The van der Waals surface area contributed by atoms with Crippen LogP contribution in [0, 0.1) is 0 Å². The van der Waals surface area contributed by atoms with E-state index in [0.29, 0.717) is 38.7 Å². The lowest BCUT2D eigenvalue weighted by Gasteiger charge is -2.41. The lowest BCUT2D eigenvalue weighted by molar-refractivity contribution is -0.131. The van der Waals surface area contributed by atoms with E-state index in [1.54, 1.807) is 24.5 Å². The fraction of sp³-hybridized carbons (Fsp3) is 0.373. The zero-order valence-corrected chi connectivity index (χ0v) is 50.9. The molecule has 472 valence electrons. The molecule has 4 aromatic heterocycles. The summed E-state index contributed by atoms with van der Waals surface area (Å²) in [6.45, 7) is 10.6. The maximum atomic E-state index is 12.9. The van der Waals surface area contributed by atoms with E-state index in [-0.39, 0.29) is 50.1 Å². The predicted molar refractivity (Wildman–Crippen MR) is 354 cm³/mol. The minimum atomic E-state index is -0.892. The highest BCUT2D eigenvalue weighted by molar-refractivity contribution is 6.09. The molecule has 12 rings (SSSR count). The Morgan fingerprint density at radius 1 is 0.578 bits per heavy atom. The van der Waals surface area contributed by atoms with Crippen molar-refractivity contribution in [3.05, 3.63) is 168 Å². The maximum absolute atomic E-state index is 12.9. The second-order valence-corrected chi connectivity index (χ2v) is 23.0. The number of pyridine rings is 4. The number of benzene rings is 2. The quantitative estimate of drug-likeness (QED) is 0.0606. The molecule has 6 aliphatic rings. The van der Waals surface area contributed by atoms with Gasteiger partial charge in [0.1, 0.15) is 11.4 Å². The van der Waals surface area contributed by atoms with Crippen molar-refractivity contribution in [3.8, 4) is 0 Å². The number of anilines is 6. The molecule has 6 N–H and O–H groups in total. The van der Waals surface area contributed by atoms with Crippen LogP contribution in [0.25, 0.3) is 0 Å². The molecule has 2 aromatic carbocycles. The van der Waals surface area contributed by atoms with E-state index in [4.69, 9.17) is 30.3 Å². The molecule has 3 amide bonds. The van der Waals surface area contributed by atoms with Crippen molar-refractivity contribution in [1.82, 2.24) is 35.1 Å². The van der Waals surface area contributed by atoms with E-state index in [1.807, 2.05) is 141 Å². The Hall–Kier alpha value is -9.26. The van der Waals surface area contributed by atoms with Crippen molar-refractivity contribution in [2.45, 2.75) is 45.2 Å². The number of likely N-dealkylation sites (N-methyl/N-ethyl adjacent to an activating group) is 2. The van der Waals surface area contributed by atoms with Crippen molar-refractivity contribution in [2.75, 3.05) is 150 Å². The lowest BCUT2D eigenvalue weighted by Crippen LogP contribution is -2.59. The van der Waals surface area contributed by atoms with Gasteiger partial charge in [-0.2, -0.15) is 0 Å². The first-order valence-electron chi connectivity index (χ1n) is 30.0. The highest BCUT2D eigenvalue weighted by Gasteiger charge is 2.30. The number of hydrogen-bond acceptors (Lipinski definition) is 19. The number of carboxylic acids is 1. The molecule has 0 bridgehead atoms. The first kappa shape index (κ1) is 65.2. The zero-order valence-electron chi connectivity index (χ0n) is 50.9. The van der Waals surface area contributed by atoms with Gasteiger partial charge in [-0.05, 0) is 111 Å². The van der Waals surface area contributed by atoms with Gasteiger partial charge in [-0.1, -0.05) is 43.8 Å². The Kier molecular flexibility index (Phi) is 22.7. The molecule has 0 spiro atoms. The van der Waals surface area contributed by atoms with Gasteiger partial charge < -0.3 is 65.7 Å². The Bertz CT molecular complexity index is 3570. The van der Waals surface area contributed by atoms with Crippen molar-refractivity contribution < 1.29 is 33.8 Å². The number of carbonyl (C=O) groups is 4.